The van der Waals surface area contributed by atoms with Crippen molar-refractivity contribution in [2.75, 3.05) is 39.8 Å². The van der Waals surface area contributed by atoms with E-state index < -0.39 is 6.10 Å². The van der Waals surface area contributed by atoms with E-state index in [4.69, 9.17) is 4.74 Å². The van der Waals surface area contributed by atoms with Crippen LogP contribution in [0, 0.1) is 5.92 Å². The van der Waals surface area contributed by atoms with E-state index in [2.05, 4.69) is 17.1 Å². The second kappa shape index (κ2) is 8.37. The van der Waals surface area contributed by atoms with Gasteiger partial charge in [-0.25, -0.2) is 0 Å². The largest absolute Gasteiger partial charge is 0.497 e. The van der Waals surface area contributed by atoms with E-state index in [1.807, 2.05) is 24.3 Å². The predicted molar refractivity (Wildman–Crippen MR) is 85.7 cm³/mol. The summed E-state index contributed by atoms with van der Waals surface area (Å²) in [5.74, 6) is 1.53. The van der Waals surface area contributed by atoms with Crippen LogP contribution in [0.2, 0.25) is 0 Å². The van der Waals surface area contributed by atoms with Crippen LogP contribution in [0.25, 0.3) is 0 Å². The Labute approximate surface area is 128 Å². The van der Waals surface area contributed by atoms with Gasteiger partial charge in [0, 0.05) is 6.54 Å². The molecule has 0 spiro atoms. The van der Waals surface area contributed by atoms with Crippen LogP contribution < -0.4 is 10.1 Å². The van der Waals surface area contributed by atoms with Gasteiger partial charge in [0.05, 0.1) is 13.2 Å². The van der Waals surface area contributed by atoms with Crippen molar-refractivity contribution < 1.29 is 9.84 Å². The molecule has 1 unspecified atom stereocenters. The number of benzene rings is 1. The molecule has 1 aliphatic rings. The quantitative estimate of drug-likeness (QED) is 0.807. The fraction of sp³-hybridized carbons (Fsp3) is 0.647. The minimum Gasteiger partial charge on any atom is -0.497 e. The summed E-state index contributed by atoms with van der Waals surface area (Å²) in [6.45, 7) is 7.40. The standard InChI is InChI=1S/C17H28N2O2/c1-3-19-9-7-14(8-10-19)12-18-13-17(20)15-5-4-6-16(11-15)21-2/h4-6,11,14,17-18,20H,3,7-10,12-13H2,1-2H3. The summed E-state index contributed by atoms with van der Waals surface area (Å²) in [4.78, 5) is 2.50. The third-order valence-corrected chi connectivity index (χ3v) is 4.40. The van der Waals surface area contributed by atoms with Crippen molar-refractivity contribution in [3.05, 3.63) is 29.8 Å². The van der Waals surface area contributed by atoms with Gasteiger partial charge < -0.3 is 20.1 Å². The normalized spacial score (nSPS) is 18.6. The Morgan fingerprint density at radius 2 is 2.14 bits per heavy atom. The lowest BCUT2D eigenvalue weighted by Gasteiger charge is -2.31. The SMILES string of the molecule is CCN1CCC(CNCC(O)c2cccc(OC)c2)CC1. The number of hydrogen-bond donors (Lipinski definition) is 2. The van der Waals surface area contributed by atoms with Gasteiger partial charge >= 0.3 is 0 Å². The highest BCUT2D eigenvalue weighted by Crippen LogP contribution is 2.19. The van der Waals surface area contributed by atoms with Gasteiger partial charge in [0.25, 0.3) is 0 Å². The van der Waals surface area contributed by atoms with Crippen LogP contribution in [0.3, 0.4) is 0 Å². The van der Waals surface area contributed by atoms with E-state index in [-0.39, 0.29) is 0 Å². The molecule has 1 aromatic rings. The second-order valence-corrected chi connectivity index (χ2v) is 5.83. The molecule has 21 heavy (non-hydrogen) atoms. The maximum absolute atomic E-state index is 10.2. The number of nitrogens with zero attached hydrogens (tertiary/aromatic N) is 1. The van der Waals surface area contributed by atoms with Gasteiger partial charge in [-0.2, -0.15) is 0 Å². The zero-order chi connectivity index (χ0) is 15.1. The Kier molecular flexibility index (Phi) is 6.49. The van der Waals surface area contributed by atoms with E-state index in [0.29, 0.717) is 6.54 Å². The predicted octanol–water partition coefficient (Wildman–Crippen LogP) is 2.05. The summed E-state index contributed by atoms with van der Waals surface area (Å²) in [6.07, 6.45) is 2.04. The molecule has 0 radical (unpaired) electrons. The molecule has 0 amide bonds. The van der Waals surface area contributed by atoms with Crippen molar-refractivity contribution in [2.24, 2.45) is 5.92 Å². The number of ether oxygens (including phenoxy) is 1. The van der Waals surface area contributed by atoms with Crippen LogP contribution >= 0.6 is 0 Å². The number of aliphatic hydroxyl groups is 1. The zero-order valence-electron chi connectivity index (χ0n) is 13.2. The summed E-state index contributed by atoms with van der Waals surface area (Å²) in [5, 5.41) is 13.6. The molecule has 0 aliphatic carbocycles. The molecule has 4 nitrogen and oxygen atoms in total. The first-order valence-corrected chi connectivity index (χ1v) is 7.98. The van der Waals surface area contributed by atoms with Crippen LogP contribution in [-0.2, 0) is 0 Å². The molecule has 4 heteroatoms. The Bertz CT molecular complexity index is 417. The van der Waals surface area contributed by atoms with Crippen molar-refractivity contribution in [3.8, 4) is 5.75 Å². The molecule has 0 bridgehead atoms. The highest BCUT2D eigenvalue weighted by Gasteiger charge is 2.18. The maximum Gasteiger partial charge on any atom is 0.119 e. The van der Waals surface area contributed by atoms with E-state index in [1.165, 1.54) is 25.9 Å². The first-order valence-electron chi connectivity index (χ1n) is 7.98. The molecule has 0 saturated carbocycles. The maximum atomic E-state index is 10.2. The molecule has 1 fully saturated rings. The molecule has 1 aliphatic heterocycles. The van der Waals surface area contributed by atoms with Gasteiger partial charge in [0.2, 0.25) is 0 Å². The van der Waals surface area contributed by atoms with E-state index in [0.717, 1.165) is 30.3 Å². The number of methoxy groups -OCH3 is 1. The van der Waals surface area contributed by atoms with Gasteiger partial charge in [0.15, 0.2) is 0 Å². The number of hydrogen-bond acceptors (Lipinski definition) is 4. The minimum absolute atomic E-state index is 0.476. The van der Waals surface area contributed by atoms with Crippen molar-refractivity contribution in [1.82, 2.24) is 10.2 Å². The molecule has 1 atom stereocenters. The third-order valence-electron chi connectivity index (χ3n) is 4.40. The van der Waals surface area contributed by atoms with Gasteiger partial charge in [0.1, 0.15) is 5.75 Å². The molecular weight excluding hydrogens is 264 g/mol. The zero-order valence-corrected chi connectivity index (χ0v) is 13.2. The summed E-state index contributed by atoms with van der Waals surface area (Å²) in [5.41, 5.74) is 0.905. The first-order chi connectivity index (χ1) is 10.2. The van der Waals surface area contributed by atoms with Crippen LogP contribution in [0.4, 0.5) is 0 Å². The van der Waals surface area contributed by atoms with Gasteiger partial charge in [-0.05, 0) is 62.6 Å². The third kappa shape index (κ3) is 4.99. The topological polar surface area (TPSA) is 44.7 Å². The van der Waals surface area contributed by atoms with Crippen molar-refractivity contribution >= 4 is 0 Å². The summed E-state index contributed by atoms with van der Waals surface area (Å²) in [6, 6.07) is 7.64. The number of piperidine rings is 1. The van der Waals surface area contributed by atoms with Crippen LogP contribution in [-0.4, -0.2) is 49.8 Å². The first kappa shape index (κ1) is 16.3. The molecule has 118 valence electrons. The van der Waals surface area contributed by atoms with E-state index >= 15 is 0 Å². The smallest absolute Gasteiger partial charge is 0.119 e. The summed E-state index contributed by atoms with van der Waals surface area (Å²) < 4.78 is 5.19. The molecular formula is C17H28N2O2. The lowest BCUT2D eigenvalue weighted by molar-refractivity contribution is 0.160. The Balaban J connectivity index is 1.70. The van der Waals surface area contributed by atoms with Crippen LogP contribution in [0.1, 0.15) is 31.4 Å². The number of nitrogens with one attached hydrogen (secondary N) is 1. The monoisotopic (exact) mass is 292 g/mol. The van der Waals surface area contributed by atoms with Gasteiger partial charge in [-0.15, -0.1) is 0 Å². The molecule has 2 N–H and O–H groups in total. The van der Waals surface area contributed by atoms with Gasteiger partial charge in [-0.3, -0.25) is 0 Å². The molecule has 1 heterocycles. The van der Waals surface area contributed by atoms with Crippen molar-refractivity contribution in [1.29, 1.82) is 0 Å². The van der Waals surface area contributed by atoms with Crippen molar-refractivity contribution in [3.63, 3.8) is 0 Å². The van der Waals surface area contributed by atoms with Gasteiger partial charge in [-0.1, -0.05) is 19.1 Å². The highest BCUT2D eigenvalue weighted by atomic mass is 16.5. The lowest BCUT2D eigenvalue weighted by Crippen LogP contribution is -2.37. The molecule has 0 aromatic heterocycles. The van der Waals surface area contributed by atoms with Crippen LogP contribution in [0.5, 0.6) is 5.75 Å². The Morgan fingerprint density at radius 3 is 2.81 bits per heavy atom. The molecule has 1 saturated heterocycles. The minimum atomic E-state index is -0.476. The van der Waals surface area contributed by atoms with E-state index in [1.54, 1.807) is 7.11 Å². The number of rotatable bonds is 7. The molecule has 1 aromatic carbocycles. The lowest BCUT2D eigenvalue weighted by atomic mass is 9.96. The number of likely N-dealkylation sites (tertiary alicyclic amines) is 1. The Hall–Kier alpha value is -1.10. The Morgan fingerprint density at radius 1 is 1.38 bits per heavy atom. The summed E-state index contributed by atoms with van der Waals surface area (Å²) >= 11 is 0. The fourth-order valence-electron chi connectivity index (χ4n) is 2.90. The van der Waals surface area contributed by atoms with E-state index in [9.17, 15) is 5.11 Å². The average Bonchev–Trinajstić information content (AvgIpc) is 2.55. The van der Waals surface area contributed by atoms with Crippen molar-refractivity contribution in [2.45, 2.75) is 25.9 Å². The van der Waals surface area contributed by atoms with Crippen LogP contribution in [0.15, 0.2) is 24.3 Å². The molecule has 2 rings (SSSR count). The summed E-state index contributed by atoms with van der Waals surface area (Å²) in [7, 11) is 1.65. The number of aliphatic hydroxyl groups excluding tert-OH is 1. The second-order valence-electron chi connectivity index (χ2n) is 5.83. The average molecular weight is 292 g/mol. The highest BCUT2D eigenvalue weighted by molar-refractivity contribution is 5.29. The fourth-order valence-corrected chi connectivity index (χ4v) is 2.90.